The monoisotopic (exact) mass is 553 g/mol. The summed E-state index contributed by atoms with van der Waals surface area (Å²) in [7, 11) is 1.82. The quantitative estimate of drug-likeness (QED) is 0.239. The molecule has 4 N–H and O–H groups in total. The lowest BCUT2D eigenvalue weighted by Gasteiger charge is -2.13. The first kappa shape index (κ1) is 28.4. The second kappa shape index (κ2) is 12.9. The van der Waals surface area contributed by atoms with Crippen LogP contribution in [0.5, 0.6) is 5.75 Å². The number of rotatable bonds is 8. The van der Waals surface area contributed by atoms with Crippen LogP contribution in [0.15, 0.2) is 83.9 Å². The fourth-order valence-corrected chi connectivity index (χ4v) is 3.76. The number of pyridine rings is 2. The number of carbonyl (C=O) groups excluding carboxylic acids is 2. The zero-order valence-corrected chi connectivity index (χ0v) is 21.8. The summed E-state index contributed by atoms with van der Waals surface area (Å²) in [6.45, 7) is 1.19. The van der Waals surface area contributed by atoms with Crippen LogP contribution in [0.1, 0.15) is 20.7 Å². The normalized spacial score (nSPS) is 10.4. The molecule has 0 atom stereocenters. The molecule has 2 aromatic carbocycles. The van der Waals surface area contributed by atoms with E-state index in [4.69, 9.17) is 11.6 Å². The molecule has 4 aromatic rings. The summed E-state index contributed by atoms with van der Waals surface area (Å²) in [5, 5.41) is 19.0. The van der Waals surface area contributed by atoms with Crippen LogP contribution in [0.25, 0.3) is 11.1 Å². The smallest absolute Gasteiger partial charge is 0.259 e. The Hall–Kier alpha value is -4.18. The standard InChI is InChI=1S/C27H24ClN5O4.ClH/c1-29-13-15-33-14-3-5-20(27(33)37)17-7-9-18(10-8-17)25(35)32-24-21(4-2-6-22(24)34)26(36)31-23-12-11-19(28)16-30-23;/h2-12,14,16,29,34H,13,15H2,1H3,(H,32,35)(H,30,31,36);1H. The maximum absolute atomic E-state index is 13.0. The topological polar surface area (TPSA) is 125 Å². The Morgan fingerprint density at radius 1 is 0.974 bits per heavy atom. The van der Waals surface area contributed by atoms with Crippen molar-refractivity contribution < 1.29 is 14.7 Å². The molecule has 0 unspecified atom stereocenters. The van der Waals surface area contributed by atoms with E-state index in [9.17, 15) is 19.5 Å². The van der Waals surface area contributed by atoms with Crippen LogP contribution in [0.3, 0.4) is 0 Å². The van der Waals surface area contributed by atoms with Gasteiger partial charge in [0.25, 0.3) is 17.4 Å². The number of carbonyl (C=O) groups is 2. The highest BCUT2D eigenvalue weighted by Crippen LogP contribution is 2.29. The minimum absolute atomic E-state index is 0. The van der Waals surface area contributed by atoms with Gasteiger partial charge in [-0.1, -0.05) is 29.8 Å². The van der Waals surface area contributed by atoms with Gasteiger partial charge >= 0.3 is 0 Å². The van der Waals surface area contributed by atoms with E-state index < -0.39 is 11.8 Å². The molecule has 2 aromatic heterocycles. The summed E-state index contributed by atoms with van der Waals surface area (Å²) in [6.07, 6.45) is 3.12. The molecule has 38 heavy (non-hydrogen) atoms. The van der Waals surface area contributed by atoms with Gasteiger partial charge in [0.15, 0.2) is 0 Å². The van der Waals surface area contributed by atoms with Gasteiger partial charge in [-0.3, -0.25) is 14.4 Å². The van der Waals surface area contributed by atoms with Crippen molar-refractivity contribution in [1.29, 1.82) is 0 Å². The Morgan fingerprint density at radius 2 is 1.74 bits per heavy atom. The van der Waals surface area contributed by atoms with Gasteiger partial charge < -0.3 is 25.6 Å². The molecule has 9 nitrogen and oxygen atoms in total. The highest BCUT2D eigenvalue weighted by molar-refractivity contribution is 6.30. The highest BCUT2D eigenvalue weighted by Gasteiger charge is 2.19. The van der Waals surface area contributed by atoms with E-state index in [2.05, 4.69) is 20.9 Å². The van der Waals surface area contributed by atoms with Crippen LogP contribution >= 0.6 is 24.0 Å². The van der Waals surface area contributed by atoms with E-state index in [1.54, 1.807) is 53.2 Å². The number of hydrogen-bond acceptors (Lipinski definition) is 6. The Kier molecular flexibility index (Phi) is 9.61. The first-order chi connectivity index (χ1) is 17.9. The maximum atomic E-state index is 13.0. The van der Waals surface area contributed by atoms with Crippen molar-refractivity contribution in [3.63, 3.8) is 0 Å². The fourth-order valence-electron chi connectivity index (χ4n) is 3.65. The summed E-state index contributed by atoms with van der Waals surface area (Å²) in [4.78, 5) is 42.6. The number of para-hydroxylation sites is 1. The number of hydrogen-bond donors (Lipinski definition) is 4. The molecule has 0 saturated heterocycles. The van der Waals surface area contributed by atoms with Crippen molar-refractivity contribution in [2.75, 3.05) is 24.2 Å². The molecule has 0 saturated carbocycles. The summed E-state index contributed by atoms with van der Waals surface area (Å²) in [5.74, 6) is -1.12. The first-order valence-corrected chi connectivity index (χ1v) is 11.8. The van der Waals surface area contributed by atoms with E-state index in [1.807, 2.05) is 7.05 Å². The molecular weight excluding hydrogens is 529 g/mol. The van der Waals surface area contributed by atoms with Gasteiger partial charge in [-0.15, -0.1) is 12.4 Å². The van der Waals surface area contributed by atoms with Crippen molar-refractivity contribution in [2.24, 2.45) is 0 Å². The third-order valence-electron chi connectivity index (χ3n) is 5.58. The van der Waals surface area contributed by atoms with Crippen LogP contribution in [0.4, 0.5) is 11.5 Å². The maximum Gasteiger partial charge on any atom is 0.259 e. The number of anilines is 2. The molecule has 0 fully saturated rings. The number of aromatic hydroxyl groups is 1. The molecule has 0 spiro atoms. The van der Waals surface area contributed by atoms with Crippen LogP contribution in [-0.4, -0.2) is 40.1 Å². The minimum atomic E-state index is -0.574. The minimum Gasteiger partial charge on any atom is -0.506 e. The second-order valence-corrected chi connectivity index (χ2v) is 8.51. The molecule has 0 radical (unpaired) electrons. The first-order valence-electron chi connectivity index (χ1n) is 11.4. The number of phenolic OH excluding ortho intramolecular Hbond substituents is 1. The number of amides is 2. The van der Waals surface area contributed by atoms with E-state index in [0.29, 0.717) is 29.2 Å². The third kappa shape index (κ3) is 6.57. The molecule has 0 aliphatic rings. The highest BCUT2D eigenvalue weighted by atomic mass is 35.5. The molecule has 196 valence electrons. The zero-order valence-electron chi connectivity index (χ0n) is 20.3. The predicted octanol–water partition coefficient (Wildman–Crippen LogP) is 4.42. The molecule has 2 amide bonds. The summed E-state index contributed by atoms with van der Waals surface area (Å²) >= 11 is 5.83. The van der Waals surface area contributed by atoms with Gasteiger partial charge in [0.1, 0.15) is 11.6 Å². The van der Waals surface area contributed by atoms with E-state index >= 15 is 0 Å². The summed E-state index contributed by atoms with van der Waals surface area (Å²) in [6, 6.07) is 17.5. The Balaban J connectivity index is 0.00000400. The lowest BCUT2D eigenvalue weighted by molar-refractivity contribution is 0.102. The number of phenols is 1. The number of benzene rings is 2. The number of nitrogens with zero attached hydrogens (tertiary/aromatic N) is 2. The lowest BCUT2D eigenvalue weighted by Crippen LogP contribution is -2.25. The Morgan fingerprint density at radius 3 is 2.42 bits per heavy atom. The number of nitrogens with one attached hydrogen (secondary N) is 3. The van der Waals surface area contributed by atoms with Gasteiger partial charge in [0, 0.05) is 36.6 Å². The van der Waals surface area contributed by atoms with E-state index in [-0.39, 0.29) is 46.3 Å². The average Bonchev–Trinajstić information content (AvgIpc) is 2.90. The lowest BCUT2D eigenvalue weighted by atomic mass is 10.0. The van der Waals surface area contributed by atoms with Crippen molar-refractivity contribution in [3.8, 4) is 16.9 Å². The van der Waals surface area contributed by atoms with Gasteiger partial charge in [-0.2, -0.15) is 0 Å². The second-order valence-electron chi connectivity index (χ2n) is 8.07. The molecule has 4 rings (SSSR count). The Labute approximate surface area is 229 Å². The molecule has 0 aliphatic heterocycles. The zero-order chi connectivity index (χ0) is 26.4. The van der Waals surface area contributed by atoms with Crippen LogP contribution in [-0.2, 0) is 6.54 Å². The van der Waals surface area contributed by atoms with Crippen LogP contribution in [0, 0.1) is 0 Å². The van der Waals surface area contributed by atoms with Crippen molar-refractivity contribution in [2.45, 2.75) is 6.54 Å². The summed E-state index contributed by atoms with van der Waals surface area (Å²) < 4.78 is 1.62. The van der Waals surface area contributed by atoms with Crippen molar-refractivity contribution in [3.05, 3.63) is 106 Å². The molecular formula is C27H25Cl2N5O4. The van der Waals surface area contributed by atoms with Gasteiger partial charge in [0.2, 0.25) is 0 Å². The fraction of sp³-hybridized carbons (Fsp3) is 0.111. The van der Waals surface area contributed by atoms with E-state index in [1.165, 1.54) is 30.5 Å². The number of halogens is 2. The van der Waals surface area contributed by atoms with Gasteiger partial charge in [0.05, 0.1) is 16.3 Å². The van der Waals surface area contributed by atoms with Crippen LogP contribution in [0.2, 0.25) is 5.02 Å². The van der Waals surface area contributed by atoms with Crippen LogP contribution < -0.4 is 21.5 Å². The predicted molar refractivity (Wildman–Crippen MR) is 151 cm³/mol. The molecule has 11 heteroatoms. The third-order valence-corrected chi connectivity index (χ3v) is 5.80. The largest absolute Gasteiger partial charge is 0.506 e. The average molecular weight is 554 g/mol. The SMILES string of the molecule is CNCCn1cccc(-c2ccc(C(=O)Nc3c(O)cccc3C(=O)Nc3ccc(Cl)cn3)cc2)c1=O.Cl. The van der Waals surface area contributed by atoms with Crippen molar-refractivity contribution >= 4 is 47.3 Å². The molecule has 0 aliphatic carbocycles. The number of aromatic nitrogens is 2. The molecule has 0 bridgehead atoms. The van der Waals surface area contributed by atoms with E-state index in [0.717, 1.165) is 0 Å². The molecule has 2 heterocycles. The van der Waals surface area contributed by atoms with Gasteiger partial charge in [-0.05, 0) is 61.1 Å². The van der Waals surface area contributed by atoms with Crippen molar-refractivity contribution in [1.82, 2.24) is 14.9 Å². The Bertz CT molecular complexity index is 1490. The number of likely N-dealkylation sites (N-methyl/N-ethyl adjacent to an activating group) is 1. The van der Waals surface area contributed by atoms with Gasteiger partial charge in [-0.25, -0.2) is 4.98 Å². The summed E-state index contributed by atoms with van der Waals surface area (Å²) in [5.41, 5.74) is 1.34.